The average Bonchev–Trinajstić information content (AvgIpc) is 2.84. The molecule has 0 aromatic heterocycles. The van der Waals surface area contributed by atoms with Gasteiger partial charge in [0.05, 0.1) is 6.61 Å². The molecular formula is C32H64OS. The lowest BCUT2D eigenvalue weighted by molar-refractivity contribution is 0.290. The average molecular weight is 497 g/mol. The minimum atomic E-state index is 0.842. The van der Waals surface area contributed by atoms with Gasteiger partial charge in [0, 0.05) is 6.42 Å². The minimum Gasteiger partial charge on any atom is -0.487 e. The Balaban J connectivity index is 3.14. The predicted octanol–water partition coefficient (Wildman–Crippen LogP) is 12.3. The topological polar surface area (TPSA) is 9.23 Å². The van der Waals surface area contributed by atoms with Crippen LogP contribution < -0.4 is 0 Å². The van der Waals surface area contributed by atoms with Crippen LogP contribution in [0.25, 0.3) is 0 Å². The van der Waals surface area contributed by atoms with Gasteiger partial charge in [0.2, 0.25) is 0 Å². The Hall–Kier alpha value is -0.110. The van der Waals surface area contributed by atoms with Crippen molar-refractivity contribution >= 4 is 17.3 Å². The van der Waals surface area contributed by atoms with Gasteiger partial charge >= 0.3 is 0 Å². The molecular weight excluding hydrogens is 432 g/mol. The lowest BCUT2D eigenvalue weighted by Crippen LogP contribution is -2.03. The zero-order valence-corrected chi connectivity index (χ0v) is 24.6. The molecule has 0 aromatic rings. The number of ether oxygens (including phenoxy) is 1. The van der Waals surface area contributed by atoms with Crippen LogP contribution in [-0.2, 0) is 4.74 Å². The highest BCUT2D eigenvalue weighted by Gasteiger charge is 2.00. The van der Waals surface area contributed by atoms with E-state index in [9.17, 15) is 0 Å². The van der Waals surface area contributed by atoms with Crippen molar-refractivity contribution in [2.75, 3.05) is 6.61 Å². The van der Waals surface area contributed by atoms with Gasteiger partial charge in [0.1, 0.15) is 0 Å². The normalized spacial score (nSPS) is 11.2. The van der Waals surface area contributed by atoms with E-state index in [0.717, 1.165) is 18.1 Å². The molecule has 0 unspecified atom stereocenters. The fourth-order valence-corrected chi connectivity index (χ4v) is 5.07. The predicted molar refractivity (Wildman–Crippen MR) is 159 cm³/mol. The van der Waals surface area contributed by atoms with Crippen LogP contribution in [0.1, 0.15) is 194 Å². The van der Waals surface area contributed by atoms with E-state index < -0.39 is 0 Å². The monoisotopic (exact) mass is 496 g/mol. The first-order valence-corrected chi connectivity index (χ1v) is 16.4. The van der Waals surface area contributed by atoms with Crippen LogP contribution in [0.5, 0.6) is 0 Å². The fraction of sp³-hybridized carbons (Fsp3) is 0.969. The summed E-state index contributed by atoms with van der Waals surface area (Å²) in [5.74, 6) is 0. The van der Waals surface area contributed by atoms with Crippen LogP contribution >= 0.6 is 12.2 Å². The van der Waals surface area contributed by atoms with E-state index in [-0.39, 0.29) is 0 Å². The molecule has 0 atom stereocenters. The van der Waals surface area contributed by atoms with Crippen molar-refractivity contribution in [1.29, 1.82) is 0 Å². The molecule has 0 heterocycles. The first-order chi connectivity index (χ1) is 16.8. The van der Waals surface area contributed by atoms with E-state index in [1.807, 2.05) is 0 Å². The van der Waals surface area contributed by atoms with Gasteiger partial charge in [-0.1, -0.05) is 174 Å². The van der Waals surface area contributed by atoms with E-state index in [2.05, 4.69) is 13.8 Å². The maximum atomic E-state index is 5.78. The van der Waals surface area contributed by atoms with Gasteiger partial charge in [-0.25, -0.2) is 0 Å². The summed E-state index contributed by atoms with van der Waals surface area (Å²) >= 11 is 5.42. The lowest BCUT2D eigenvalue weighted by Gasteiger charge is -2.08. The van der Waals surface area contributed by atoms with E-state index in [0.29, 0.717) is 0 Å². The molecule has 0 aliphatic carbocycles. The third kappa shape index (κ3) is 29.9. The number of unbranched alkanes of at least 4 members (excludes halogenated alkanes) is 25. The maximum absolute atomic E-state index is 5.78. The molecule has 0 saturated carbocycles. The molecule has 0 bridgehead atoms. The summed E-state index contributed by atoms with van der Waals surface area (Å²) in [5, 5.41) is 0.859. The molecule has 0 aliphatic rings. The summed E-state index contributed by atoms with van der Waals surface area (Å²) in [5.41, 5.74) is 0. The van der Waals surface area contributed by atoms with E-state index in [1.54, 1.807) is 0 Å². The molecule has 204 valence electrons. The van der Waals surface area contributed by atoms with Crippen LogP contribution in [0.4, 0.5) is 0 Å². The molecule has 1 nitrogen and oxygen atoms in total. The highest BCUT2D eigenvalue weighted by Crippen LogP contribution is 2.15. The van der Waals surface area contributed by atoms with Crippen molar-refractivity contribution in [2.45, 2.75) is 194 Å². The second-order valence-corrected chi connectivity index (χ2v) is 11.3. The Labute approximate surface area is 222 Å². The van der Waals surface area contributed by atoms with Crippen molar-refractivity contribution in [3.05, 3.63) is 0 Å². The van der Waals surface area contributed by atoms with E-state index in [1.165, 1.54) is 173 Å². The molecule has 34 heavy (non-hydrogen) atoms. The van der Waals surface area contributed by atoms with Crippen molar-refractivity contribution in [3.63, 3.8) is 0 Å². The minimum absolute atomic E-state index is 0.842. The molecule has 0 saturated heterocycles. The van der Waals surface area contributed by atoms with Crippen LogP contribution in [0, 0.1) is 0 Å². The highest BCUT2D eigenvalue weighted by atomic mass is 32.1. The largest absolute Gasteiger partial charge is 0.487 e. The molecule has 0 aliphatic heterocycles. The van der Waals surface area contributed by atoms with Gasteiger partial charge in [-0.15, -0.1) is 0 Å². The van der Waals surface area contributed by atoms with Gasteiger partial charge in [0.15, 0.2) is 5.05 Å². The van der Waals surface area contributed by atoms with Crippen molar-refractivity contribution < 1.29 is 4.74 Å². The number of thiocarbonyl (C=S) groups is 1. The second-order valence-electron chi connectivity index (χ2n) is 10.8. The van der Waals surface area contributed by atoms with Gasteiger partial charge in [0.25, 0.3) is 0 Å². The van der Waals surface area contributed by atoms with Crippen LogP contribution in [0.3, 0.4) is 0 Å². The first-order valence-electron chi connectivity index (χ1n) is 16.0. The van der Waals surface area contributed by atoms with E-state index >= 15 is 0 Å². The molecule has 0 rings (SSSR count). The van der Waals surface area contributed by atoms with Gasteiger partial charge in [-0.05, 0) is 25.1 Å². The quantitative estimate of drug-likeness (QED) is 0.0752. The SMILES string of the molecule is CCCCCCCCCCCCCCCCCC(=S)OCCCCCCCCCCCCCC. The summed E-state index contributed by atoms with van der Waals surface area (Å²) in [6.45, 7) is 5.43. The molecule has 2 heteroatoms. The Kier molecular flexibility index (Phi) is 30.8. The van der Waals surface area contributed by atoms with Gasteiger partial charge in [-0.2, -0.15) is 0 Å². The number of hydrogen-bond acceptors (Lipinski definition) is 2. The zero-order valence-electron chi connectivity index (χ0n) is 23.8. The smallest absolute Gasteiger partial charge is 0.159 e. The second kappa shape index (κ2) is 30.9. The highest BCUT2D eigenvalue weighted by molar-refractivity contribution is 7.80. The van der Waals surface area contributed by atoms with Crippen LogP contribution in [-0.4, -0.2) is 11.7 Å². The van der Waals surface area contributed by atoms with Crippen LogP contribution in [0.15, 0.2) is 0 Å². The molecule has 0 N–H and O–H groups in total. The molecule has 0 amide bonds. The summed E-state index contributed by atoms with van der Waals surface area (Å²) in [7, 11) is 0. The third-order valence-electron chi connectivity index (χ3n) is 7.25. The Morgan fingerprint density at radius 1 is 0.382 bits per heavy atom. The fourth-order valence-electron chi connectivity index (χ4n) is 4.84. The summed E-state index contributed by atoms with van der Waals surface area (Å²) < 4.78 is 5.78. The van der Waals surface area contributed by atoms with Crippen molar-refractivity contribution in [2.24, 2.45) is 0 Å². The Bertz CT molecular complexity index is 381. The summed E-state index contributed by atoms with van der Waals surface area (Å²) in [4.78, 5) is 0. The van der Waals surface area contributed by atoms with Gasteiger partial charge in [-0.3, -0.25) is 0 Å². The van der Waals surface area contributed by atoms with E-state index in [4.69, 9.17) is 17.0 Å². The Morgan fingerprint density at radius 3 is 0.971 bits per heavy atom. The van der Waals surface area contributed by atoms with Crippen molar-refractivity contribution in [3.8, 4) is 0 Å². The zero-order chi connectivity index (χ0) is 24.8. The molecule has 0 radical (unpaired) electrons. The lowest BCUT2D eigenvalue weighted by atomic mass is 10.0. The standard InChI is InChI=1S/C32H64OS/c1-3-5-7-9-11-13-15-17-18-19-20-22-24-26-28-30-32(34)33-31-29-27-25-23-21-16-14-12-10-8-6-4-2/h3-31H2,1-2H3. The third-order valence-corrected chi connectivity index (χ3v) is 7.57. The molecule has 0 spiro atoms. The maximum Gasteiger partial charge on any atom is 0.159 e. The van der Waals surface area contributed by atoms with Gasteiger partial charge < -0.3 is 4.74 Å². The number of hydrogen-bond donors (Lipinski definition) is 0. The van der Waals surface area contributed by atoms with Crippen LogP contribution in [0.2, 0.25) is 0 Å². The molecule has 0 aromatic carbocycles. The Morgan fingerprint density at radius 2 is 0.647 bits per heavy atom. The molecule has 0 fully saturated rings. The van der Waals surface area contributed by atoms with Crippen molar-refractivity contribution in [1.82, 2.24) is 0 Å². The first kappa shape index (κ1) is 33.9. The summed E-state index contributed by atoms with van der Waals surface area (Å²) in [6, 6.07) is 0. The summed E-state index contributed by atoms with van der Waals surface area (Å²) in [6.07, 6.45) is 38.8. The number of rotatable bonds is 29.